The number of carbonyl (C=O) groups excluding carboxylic acids is 2. The number of hydrogen-bond donors (Lipinski definition) is 1. The molecule has 0 radical (unpaired) electrons. The van der Waals surface area contributed by atoms with Gasteiger partial charge < -0.3 is 15.0 Å². The lowest BCUT2D eigenvalue weighted by atomic mass is 10.1. The number of aromatic nitrogens is 1. The fourth-order valence-corrected chi connectivity index (χ4v) is 3.10. The van der Waals surface area contributed by atoms with Crippen molar-refractivity contribution in [3.05, 3.63) is 56.8 Å². The zero-order chi connectivity index (χ0) is 20.1. The number of carbonyl (C=O) groups is 2. The molecule has 0 aliphatic carbocycles. The maximum absolute atomic E-state index is 12.4. The number of methoxy groups -OCH3 is 1. The molecular formula is C19H21Cl2N3O3. The summed E-state index contributed by atoms with van der Waals surface area (Å²) in [4.78, 5) is 30.4. The Morgan fingerprint density at radius 1 is 1.26 bits per heavy atom. The van der Waals surface area contributed by atoms with Crippen LogP contribution in [0.1, 0.15) is 27.2 Å². The minimum atomic E-state index is -0.440. The Bertz CT molecular complexity index is 872. The van der Waals surface area contributed by atoms with E-state index in [-0.39, 0.29) is 23.0 Å². The monoisotopic (exact) mass is 409 g/mol. The number of aryl methyl sites for hydroxylation is 1. The molecule has 8 heteroatoms. The average molecular weight is 410 g/mol. The van der Waals surface area contributed by atoms with Crippen molar-refractivity contribution in [2.45, 2.75) is 20.4 Å². The molecule has 0 atom stereocenters. The van der Waals surface area contributed by atoms with Gasteiger partial charge in [0, 0.05) is 29.4 Å². The number of amides is 2. The molecule has 27 heavy (non-hydrogen) atoms. The first-order valence-corrected chi connectivity index (χ1v) is 8.96. The van der Waals surface area contributed by atoms with Crippen LogP contribution < -0.4 is 10.1 Å². The summed E-state index contributed by atoms with van der Waals surface area (Å²) >= 11 is 11.8. The third-order valence-corrected chi connectivity index (χ3v) is 4.69. The van der Waals surface area contributed by atoms with Gasteiger partial charge in [0.05, 0.1) is 36.5 Å². The molecule has 0 aliphatic heterocycles. The summed E-state index contributed by atoms with van der Waals surface area (Å²) in [6, 6.07) is 4.56. The van der Waals surface area contributed by atoms with Crippen molar-refractivity contribution in [2.75, 3.05) is 20.7 Å². The van der Waals surface area contributed by atoms with Gasteiger partial charge >= 0.3 is 0 Å². The summed E-state index contributed by atoms with van der Waals surface area (Å²) < 4.78 is 5.38. The van der Waals surface area contributed by atoms with E-state index in [1.165, 1.54) is 17.0 Å². The molecule has 0 saturated carbocycles. The molecule has 2 amide bonds. The fraction of sp³-hybridized carbons (Fsp3) is 0.316. The molecule has 0 saturated heterocycles. The van der Waals surface area contributed by atoms with Crippen LogP contribution in [0.3, 0.4) is 0 Å². The zero-order valence-corrected chi connectivity index (χ0v) is 17.1. The Morgan fingerprint density at radius 3 is 2.59 bits per heavy atom. The highest BCUT2D eigenvalue weighted by Crippen LogP contribution is 2.24. The maximum Gasteiger partial charge on any atom is 0.253 e. The Balaban J connectivity index is 1.99. The van der Waals surface area contributed by atoms with Gasteiger partial charge in [-0.3, -0.25) is 14.6 Å². The third kappa shape index (κ3) is 5.11. The topological polar surface area (TPSA) is 71.5 Å². The van der Waals surface area contributed by atoms with Gasteiger partial charge in [-0.2, -0.15) is 0 Å². The van der Waals surface area contributed by atoms with Crippen molar-refractivity contribution in [1.29, 1.82) is 0 Å². The van der Waals surface area contributed by atoms with Crippen LogP contribution in [-0.4, -0.2) is 42.4 Å². The average Bonchev–Trinajstić information content (AvgIpc) is 2.62. The molecule has 1 N–H and O–H groups in total. The van der Waals surface area contributed by atoms with Crippen LogP contribution >= 0.6 is 23.2 Å². The summed E-state index contributed by atoms with van der Waals surface area (Å²) in [5.74, 6) is 0.0606. The minimum Gasteiger partial charge on any atom is -0.496 e. The highest BCUT2D eigenvalue weighted by atomic mass is 35.5. The molecule has 144 valence electrons. The van der Waals surface area contributed by atoms with Crippen molar-refractivity contribution < 1.29 is 14.3 Å². The lowest BCUT2D eigenvalue weighted by Crippen LogP contribution is -2.38. The summed E-state index contributed by atoms with van der Waals surface area (Å²) in [6.45, 7) is 3.96. The summed E-state index contributed by atoms with van der Waals surface area (Å²) in [5, 5.41) is 3.23. The lowest BCUT2D eigenvalue weighted by Gasteiger charge is -2.19. The molecule has 0 bridgehead atoms. The molecule has 0 fully saturated rings. The van der Waals surface area contributed by atoms with Crippen LogP contribution in [-0.2, 0) is 11.3 Å². The van der Waals surface area contributed by atoms with Crippen LogP contribution in [0, 0.1) is 13.8 Å². The number of pyridine rings is 1. The molecule has 2 rings (SSSR count). The summed E-state index contributed by atoms with van der Waals surface area (Å²) in [7, 11) is 3.25. The van der Waals surface area contributed by atoms with E-state index in [0.717, 1.165) is 22.6 Å². The standard InChI is InChI=1S/C19H21Cl2N3O3/c1-11-8-22-16(12(2)18(11)27-4)10-24(3)17(25)9-23-19(26)14-6-5-13(20)7-15(14)21/h5-8H,9-10H2,1-4H3,(H,23,26). The fourth-order valence-electron chi connectivity index (χ4n) is 2.60. The highest BCUT2D eigenvalue weighted by Gasteiger charge is 2.17. The third-order valence-electron chi connectivity index (χ3n) is 4.14. The second-order valence-corrected chi connectivity index (χ2v) is 6.95. The molecule has 2 aromatic rings. The predicted octanol–water partition coefficient (Wildman–Crippen LogP) is 3.40. The molecule has 1 aromatic heterocycles. The van der Waals surface area contributed by atoms with Crippen molar-refractivity contribution in [1.82, 2.24) is 15.2 Å². The van der Waals surface area contributed by atoms with Gasteiger partial charge in [0.25, 0.3) is 5.91 Å². The summed E-state index contributed by atoms with van der Waals surface area (Å²) in [5.41, 5.74) is 2.81. The van der Waals surface area contributed by atoms with Gasteiger partial charge in [0.2, 0.25) is 5.91 Å². The highest BCUT2D eigenvalue weighted by molar-refractivity contribution is 6.36. The van der Waals surface area contributed by atoms with Gasteiger partial charge in [-0.05, 0) is 32.0 Å². The van der Waals surface area contributed by atoms with E-state index in [1.54, 1.807) is 26.4 Å². The number of nitrogens with zero attached hydrogens (tertiary/aromatic N) is 2. The van der Waals surface area contributed by atoms with E-state index >= 15 is 0 Å². The molecule has 1 heterocycles. The first kappa shape index (κ1) is 21.0. The smallest absolute Gasteiger partial charge is 0.253 e. The normalized spacial score (nSPS) is 10.4. The Morgan fingerprint density at radius 2 is 1.96 bits per heavy atom. The van der Waals surface area contributed by atoms with Crippen molar-refractivity contribution in [3.8, 4) is 5.75 Å². The summed E-state index contributed by atoms with van der Waals surface area (Å²) in [6.07, 6.45) is 1.71. The van der Waals surface area contributed by atoms with Crippen molar-refractivity contribution >= 4 is 35.0 Å². The number of halogens is 2. The molecule has 0 aliphatic rings. The molecule has 6 nitrogen and oxygen atoms in total. The lowest BCUT2D eigenvalue weighted by molar-refractivity contribution is -0.129. The van der Waals surface area contributed by atoms with Gasteiger partial charge in [-0.1, -0.05) is 23.2 Å². The SMILES string of the molecule is COc1c(C)cnc(CN(C)C(=O)CNC(=O)c2ccc(Cl)cc2Cl)c1C. The maximum atomic E-state index is 12.4. The Hall–Kier alpha value is -2.31. The van der Waals surface area contributed by atoms with Crippen LogP contribution in [0.4, 0.5) is 0 Å². The first-order valence-electron chi connectivity index (χ1n) is 8.20. The predicted molar refractivity (Wildman–Crippen MR) is 106 cm³/mol. The van der Waals surface area contributed by atoms with E-state index in [2.05, 4.69) is 10.3 Å². The second-order valence-electron chi connectivity index (χ2n) is 6.10. The number of rotatable bonds is 6. The Labute approximate surface area is 168 Å². The van der Waals surface area contributed by atoms with Crippen LogP contribution in [0.5, 0.6) is 5.75 Å². The molecule has 1 aromatic carbocycles. The van der Waals surface area contributed by atoms with E-state index in [1.807, 2.05) is 13.8 Å². The number of ether oxygens (including phenoxy) is 1. The number of likely N-dealkylation sites (N-methyl/N-ethyl adjacent to an activating group) is 1. The number of hydrogen-bond acceptors (Lipinski definition) is 4. The van der Waals surface area contributed by atoms with Gasteiger partial charge in [0.15, 0.2) is 0 Å². The largest absolute Gasteiger partial charge is 0.496 e. The van der Waals surface area contributed by atoms with Crippen LogP contribution in [0.25, 0.3) is 0 Å². The van der Waals surface area contributed by atoms with Gasteiger partial charge in [-0.15, -0.1) is 0 Å². The van der Waals surface area contributed by atoms with Gasteiger partial charge in [0.1, 0.15) is 5.75 Å². The van der Waals surface area contributed by atoms with E-state index in [9.17, 15) is 9.59 Å². The molecule has 0 spiro atoms. The first-order chi connectivity index (χ1) is 12.7. The molecular weight excluding hydrogens is 389 g/mol. The van der Waals surface area contributed by atoms with E-state index in [0.29, 0.717) is 11.6 Å². The quantitative estimate of drug-likeness (QED) is 0.793. The van der Waals surface area contributed by atoms with Crippen molar-refractivity contribution in [2.24, 2.45) is 0 Å². The number of nitrogens with one attached hydrogen (secondary N) is 1. The zero-order valence-electron chi connectivity index (χ0n) is 15.6. The minimum absolute atomic E-state index is 0.156. The second kappa shape index (κ2) is 9.06. The van der Waals surface area contributed by atoms with Crippen LogP contribution in [0.15, 0.2) is 24.4 Å². The van der Waals surface area contributed by atoms with E-state index < -0.39 is 5.91 Å². The van der Waals surface area contributed by atoms with E-state index in [4.69, 9.17) is 27.9 Å². The van der Waals surface area contributed by atoms with Gasteiger partial charge in [-0.25, -0.2) is 0 Å². The van der Waals surface area contributed by atoms with Crippen molar-refractivity contribution in [3.63, 3.8) is 0 Å². The Kier molecular flexibility index (Phi) is 7.05. The van der Waals surface area contributed by atoms with Crippen LogP contribution in [0.2, 0.25) is 10.0 Å². The molecule has 0 unspecified atom stereocenters. The number of benzene rings is 1.